The van der Waals surface area contributed by atoms with Crippen molar-refractivity contribution in [2.45, 2.75) is 25.0 Å². The molecule has 13 heteroatoms. The summed E-state index contributed by atoms with van der Waals surface area (Å²) in [4.78, 5) is 15.1. The largest absolute Gasteiger partial charge is 0.496 e. The molecule has 0 radical (unpaired) electrons. The second-order valence-electron chi connectivity index (χ2n) is 11.1. The summed E-state index contributed by atoms with van der Waals surface area (Å²) in [6, 6.07) is 20.8. The maximum Gasteiger partial charge on any atom is 0.225 e. The van der Waals surface area contributed by atoms with Crippen LogP contribution in [-0.4, -0.2) is 54.0 Å². The van der Waals surface area contributed by atoms with Crippen LogP contribution in [0.25, 0.3) is 10.9 Å². The number of hydrogen-bond acceptors (Lipinski definition) is 9. The number of aromatic nitrogens is 3. The van der Waals surface area contributed by atoms with E-state index in [1.165, 1.54) is 24.0 Å². The highest BCUT2D eigenvalue weighted by Gasteiger charge is 2.40. The minimum absolute atomic E-state index is 0.160. The number of methoxy groups -OCH3 is 1. The van der Waals surface area contributed by atoms with Crippen LogP contribution >= 0.6 is 11.6 Å². The van der Waals surface area contributed by atoms with Gasteiger partial charge in [-0.05, 0) is 60.2 Å². The molecule has 5 aromatic rings. The molecule has 0 saturated heterocycles. The van der Waals surface area contributed by atoms with E-state index in [2.05, 4.69) is 20.3 Å². The lowest BCUT2D eigenvalue weighted by atomic mass is 9.88. The quantitative estimate of drug-likeness (QED) is 0.138. The predicted molar refractivity (Wildman–Crippen MR) is 183 cm³/mol. The molecule has 10 nitrogen and oxygen atoms in total. The van der Waals surface area contributed by atoms with Crippen LogP contribution in [0, 0.1) is 5.82 Å². The van der Waals surface area contributed by atoms with Crippen molar-refractivity contribution in [3.8, 4) is 11.5 Å². The molecule has 0 bridgehead atoms. The average Bonchev–Trinajstić information content (AvgIpc) is 3.56. The van der Waals surface area contributed by atoms with Crippen LogP contribution in [0.5, 0.6) is 11.5 Å². The zero-order chi connectivity index (χ0) is 33.5. The molecule has 0 spiro atoms. The molecule has 0 aliphatic carbocycles. The predicted octanol–water partition coefficient (Wildman–Crippen LogP) is 6.46. The number of nitrogens with zero attached hydrogens (tertiary/aromatic N) is 4. The lowest BCUT2D eigenvalue weighted by Crippen LogP contribution is -2.41. The summed E-state index contributed by atoms with van der Waals surface area (Å²) < 4.78 is 55.2. The summed E-state index contributed by atoms with van der Waals surface area (Å²) in [7, 11) is -0.873. The Morgan fingerprint density at radius 1 is 1.06 bits per heavy atom. The molecule has 1 N–H and O–H groups in total. The van der Waals surface area contributed by atoms with E-state index in [0.29, 0.717) is 69.4 Å². The number of halogens is 2. The number of ether oxygens (including phenoxy) is 3. The fraction of sp³-hybridized carbons (Fsp3) is 0.200. The summed E-state index contributed by atoms with van der Waals surface area (Å²) in [5.41, 5.74) is 3.69. The molecule has 1 aliphatic rings. The summed E-state index contributed by atoms with van der Waals surface area (Å²) in [6.45, 7) is 0.767. The van der Waals surface area contributed by atoms with E-state index in [-0.39, 0.29) is 19.0 Å². The second-order valence-corrected chi connectivity index (χ2v) is 12.2. The number of nitrogens with one attached hydrogen (secondary N) is 1. The van der Waals surface area contributed by atoms with Crippen molar-refractivity contribution < 1.29 is 27.0 Å². The van der Waals surface area contributed by atoms with E-state index in [9.17, 15) is 12.8 Å². The lowest BCUT2D eigenvalue weighted by Gasteiger charge is -2.34. The minimum Gasteiger partial charge on any atom is -0.496 e. The van der Waals surface area contributed by atoms with Crippen molar-refractivity contribution >= 4 is 49.8 Å². The van der Waals surface area contributed by atoms with Crippen molar-refractivity contribution in [3.05, 3.63) is 125 Å². The van der Waals surface area contributed by atoms with Gasteiger partial charge in [0.1, 0.15) is 41.6 Å². The van der Waals surface area contributed by atoms with Crippen LogP contribution in [0.3, 0.4) is 0 Å². The SMILES string of the molecule is COc1cc2ncnc(Nc3ccc(OCc4cccc(F)c4)c(Cl)c3)c2cc1C1(CN(C=S(=O)=O)CCc2ccccn2)CC=CO1. The van der Waals surface area contributed by atoms with Crippen molar-refractivity contribution in [1.82, 2.24) is 19.9 Å². The third-order valence-corrected chi connectivity index (χ3v) is 8.60. The first-order chi connectivity index (χ1) is 23.3. The highest BCUT2D eigenvalue weighted by molar-refractivity contribution is 7.71. The van der Waals surface area contributed by atoms with Crippen molar-refractivity contribution in [3.63, 3.8) is 0 Å². The van der Waals surface area contributed by atoms with Gasteiger partial charge in [-0.1, -0.05) is 29.8 Å². The number of benzene rings is 3. The zero-order valence-electron chi connectivity index (χ0n) is 25.8. The number of rotatable bonds is 13. The van der Waals surface area contributed by atoms with Crippen LogP contribution < -0.4 is 14.8 Å². The number of hydrogen-bond donors (Lipinski definition) is 1. The average molecular weight is 688 g/mol. The Labute approximate surface area is 283 Å². The lowest BCUT2D eigenvalue weighted by molar-refractivity contribution is 0.0201. The fourth-order valence-electron chi connectivity index (χ4n) is 5.58. The highest BCUT2D eigenvalue weighted by atomic mass is 35.5. The van der Waals surface area contributed by atoms with Gasteiger partial charge >= 0.3 is 0 Å². The Bertz CT molecular complexity index is 2080. The van der Waals surface area contributed by atoms with E-state index >= 15 is 0 Å². The Balaban J connectivity index is 1.29. The highest BCUT2D eigenvalue weighted by Crippen LogP contribution is 2.43. The smallest absolute Gasteiger partial charge is 0.225 e. The van der Waals surface area contributed by atoms with E-state index in [4.69, 9.17) is 25.8 Å². The fourth-order valence-corrected chi connectivity index (χ4v) is 6.24. The van der Waals surface area contributed by atoms with Gasteiger partial charge in [-0.15, -0.1) is 0 Å². The van der Waals surface area contributed by atoms with Gasteiger partial charge in [-0.25, -0.2) is 14.4 Å². The molecular formula is C35H31ClFN5O5S. The van der Waals surface area contributed by atoms with Crippen LogP contribution in [-0.2, 0) is 33.7 Å². The third-order valence-electron chi connectivity index (χ3n) is 7.84. The molecule has 3 aromatic carbocycles. The van der Waals surface area contributed by atoms with Crippen molar-refractivity contribution in [2.24, 2.45) is 0 Å². The molecule has 3 heterocycles. The molecule has 1 atom stereocenters. The molecule has 1 unspecified atom stereocenters. The van der Waals surface area contributed by atoms with Crippen molar-refractivity contribution in [2.75, 3.05) is 25.5 Å². The number of fused-ring (bicyclic) bond motifs is 1. The van der Waals surface area contributed by atoms with Gasteiger partial charge in [0.05, 0.1) is 23.9 Å². The number of anilines is 2. The molecule has 6 rings (SSSR count). The molecule has 48 heavy (non-hydrogen) atoms. The van der Waals surface area contributed by atoms with Gasteiger partial charge in [-0.3, -0.25) is 9.88 Å². The van der Waals surface area contributed by atoms with Gasteiger partial charge in [-0.2, -0.15) is 8.42 Å². The van der Waals surface area contributed by atoms with Crippen LogP contribution in [0.1, 0.15) is 23.2 Å². The van der Waals surface area contributed by atoms with Gasteiger partial charge in [0.2, 0.25) is 10.3 Å². The zero-order valence-corrected chi connectivity index (χ0v) is 27.4. The monoisotopic (exact) mass is 687 g/mol. The first-order valence-electron chi connectivity index (χ1n) is 15.0. The topological polar surface area (TPSA) is 116 Å². The Kier molecular flexibility index (Phi) is 10.1. The van der Waals surface area contributed by atoms with E-state index in [1.807, 2.05) is 36.4 Å². The van der Waals surface area contributed by atoms with Gasteiger partial charge in [0, 0.05) is 60.5 Å². The van der Waals surface area contributed by atoms with Crippen LogP contribution in [0.4, 0.5) is 15.9 Å². The first kappa shape index (κ1) is 32.9. The normalized spacial score (nSPS) is 15.3. The molecule has 2 aromatic heterocycles. The van der Waals surface area contributed by atoms with Gasteiger partial charge in [0.25, 0.3) is 0 Å². The van der Waals surface area contributed by atoms with Gasteiger partial charge < -0.3 is 19.5 Å². The molecule has 0 saturated carbocycles. The molecular weight excluding hydrogens is 657 g/mol. The summed E-state index contributed by atoms with van der Waals surface area (Å²) in [5, 5.41) is 4.37. The number of pyridine rings is 1. The summed E-state index contributed by atoms with van der Waals surface area (Å²) >= 11 is 6.56. The van der Waals surface area contributed by atoms with E-state index in [0.717, 1.165) is 5.69 Å². The Morgan fingerprint density at radius 3 is 2.69 bits per heavy atom. The maximum atomic E-state index is 13.6. The molecule has 0 amide bonds. The maximum absolute atomic E-state index is 13.6. The molecule has 246 valence electrons. The molecule has 0 fully saturated rings. The minimum atomic E-state index is -2.44. The standard InChI is InChI=1S/C35H31ClFN5O5S/c1-45-33-19-31-28(18-29(33)35(12-5-15-47-35)21-42(23-48(43)44)14-11-26-8-2-3-13-38-26)34(40-22-39-31)41-27-9-10-32(30(36)17-27)46-20-24-6-4-7-25(37)16-24/h2-10,13,15-19,22-23H,11-12,14,20-21H2,1H3,(H,39,40,41). The Morgan fingerprint density at radius 2 is 1.96 bits per heavy atom. The molecule has 1 aliphatic heterocycles. The van der Waals surface area contributed by atoms with E-state index in [1.54, 1.807) is 54.8 Å². The van der Waals surface area contributed by atoms with E-state index < -0.39 is 15.9 Å². The van der Waals surface area contributed by atoms with Crippen LogP contribution in [0.15, 0.2) is 97.7 Å². The first-order valence-corrected chi connectivity index (χ1v) is 16.5. The Hall–Kier alpha value is -5.04. The third kappa shape index (κ3) is 7.73. The summed E-state index contributed by atoms with van der Waals surface area (Å²) in [6.07, 6.45) is 7.68. The summed E-state index contributed by atoms with van der Waals surface area (Å²) in [5.74, 6) is 1.15. The van der Waals surface area contributed by atoms with Gasteiger partial charge in [0.15, 0.2) is 5.60 Å². The second kappa shape index (κ2) is 14.8. The van der Waals surface area contributed by atoms with Crippen LogP contribution in [0.2, 0.25) is 5.02 Å². The van der Waals surface area contributed by atoms with Crippen molar-refractivity contribution in [1.29, 1.82) is 0 Å².